The van der Waals surface area contributed by atoms with Crippen molar-refractivity contribution in [3.05, 3.63) is 29.3 Å². The third kappa shape index (κ3) is 2.69. The van der Waals surface area contributed by atoms with Gasteiger partial charge < -0.3 is 15.7 Å². The third-order valence-corrected chi connectivity index (χ3v) is 3.54. The Kier molecular flexibility index (Phi) is 3.72. The molecule has 1 unspecified atom stereocenters. The van der Waals surface area contributed by atoms with Gasteiger partial charge in [0.25, 0.3) is 0 Å². The van der Waals surface area contributed by atoms with E-state index in [1.807, 2.05) is 4.90 Å². The standard InChI is InChI=1S/C14H17N3O2/c1-9(18)12-3-2-10(7-15)6-13(12)17-5-4-11(8-17)14(16)19/h2-3,6,9,11,18H,4-5,8H2,1H3,(H2,16,19)/t9-,11?/m1/s1. The smallest absolute Gasteiger partial charge is 0.222 e. The number of hydrogen-bond acceptors (Lipinski definition) is 4. The number of nitriles is 1. The van der Waals surface area contributed by atoms with Crippen LogP contribution < -0.4 is 10.6 Å². The lowest BCUT2D eigenvalue weighted by Crippen LogP contribution is -2.28. The van der Waals surface area contributed by atoms with Gasteiger partial charge >= 0.3 is 0 Å². The SMILES string of the molecule is C[C@@H](O)c1ccc(C#N)cc1N1CCC(C(N)=O)C1. The van der Waals surface area contributed by atoms with E-state index in [1.54, 1.807) is 25.1 Å². The average molecular weight is 259 g/mol. The van der Waals surface area contributed by atoms with E-state index < -0.39 is 6.10 Å². The summed E-state index contributed by atoms with van der Waals surface area (Å²) in [6.07, 6.45) is 0.0983. The second kappa shape index (κ2) is 5.29. The van der Waals surface area contributed by atoms with Gasteiger partial charge in [0.15, 0.2) is 0 Å². The third-order valence-electron chi connectivity index (χ3n) is 3.54. The van der Waals surface area contributed by atoms with Crippen molar-refractivity contribution < 1.29 is 9.90 Å². The molecule has 0 bridgehead atoms. The van der Waals surface area contributed by atoms with E-state index in [1.165, 1.54) is 0 Å². The van der Waals surface area contributed by atoms with Gasteiger partial charge in [-0.2, -0.15) is 5.26 Å². The van der Waals surface area contributed by atoms with Gasteiger partial charge in [-0.3, -0.25) is 4.79 Å². The fraction of sp³-hybridized carbons (Fsp3) is 0.429. The Labute approximate surface area is 112 Å². The highest BCUT2D eigenvalue weighted by Gasteiger charge is 2.28. The fourth-order valence-electron chi connectivity index (χ4n) is 2.45. The van der Waals surface area contributed by atoms with Crippen LogP contribution in [0.1, 0.15) is 30.6 Å². The van der Waals surface area contributed by atoms with E-state index in [-0.39, 0.29) is 11.8 Å². The van der Waals surface area contributed by atoms with Gasteiger partial charge in [-0.25, -0.2) is 0 Å². The molecule has 3 N–H and O–H groups in total. The van der Waals surface area contributed by atoms with Crippen molar-refractivity contribution in [1.82, 2.24) is 0 Å². The molecule has 1 aliphatic rings. The summed E-state index contributed by atoms with van der Waals surface area (Å²) in [7, 11) is 0. The summed E-state index contributed by atoms with van der Waals surface area (Å²) in [6.45, 7) is 2.94. The first-order valence-corrected chi connectivity index (χ1v) is 6.29. The summed E-state index contributed by atoms with van der Waals surface area (Å²) >= 11 is 0. The lowest BCUT2D eigenvalue weighted by molar-refractivity contribution is -0.121. The van der Waals surface area contributed by atoms with E-state index >= 15 is 0 Å². The maximum Gasteiger partial charge on any atom is 0.222 e. The molecule has 0 aromatic heterocycles. The monoisotopic (exact) mass is 259 g/mol. The normalized spacial score (nSPS) is 20.1. The van der Waals surface area contributed by atoms with Crippen LogP contribution in [0.15, 0.2) is 18.2 Å². The molecule has 2 atom stereocenters. The van der Waals surface area contributed by atoms with Crippen LogP contribution in [-0.2, 0) is 4.79 Å². The van der Waals surface area contributed by atoms with E-state index in [4.69, 9.17) is 11.0 Å². The highest BCUT2D eigenvalue weighted by molar-refractivity contribution is 5.78. The minimum absolute atomic E-state index is 0.160. The van der Waals surface area contributed by atoms with Crippen LogP contribution in [0.5, 0.6) is 0 Å². The summed E-state index contributed by atoms with van der Waals surface area (Å²) in [6, 6.07) is 7.29. The number of hydrogen-bond donors (Lipinski definition) is 2. The number of primary amides is 1. The number of carbonyl (C=O) groups excluding carboxylic acids is 1. The molecular weight excluding hydrogens is 242 g/mol. The molecule has 0 radical (unpaired) electrons. The number of nitrogens with zero attached hydrogens (tertiary/aromatic N) is 2. The van der Waals surface area contributed by atoms with Gasteiger partial charge in [-0.1, -0.05) is 6.07 Å². The Bertz CT molecular complexity index is 534. The zero-order valence-corrected chi connectivity index (χ0v) is 10.8. The van der Waals surface area contributed by atoms with Crippen molar-refractivity contribution in [1.29, 1.82) is 5.26 Å². The zero-order valence-electron chi connectivity index (χ0n) is 10.8. The number of nitrogens with two attached hydrogens (primary N) is 1. The molecule has 19 heavy (non-hydrogen) atoms. The molecule has 0 aliphatic carbocycles. The minimum atomic E-state index is -0.615. The first kappa shape index (κ1) is 13.4. The summed E-state index contributed by atoms with van der Waals surface area (Å²) < 4.78 is 0. The van der Waals surface area contributed by atoms with Gasteiger partial charge in [0.1, 0.15) is 0 Å². The number of amides is 1. The Hall–Kier alpha value is -2.06. The average Bonchev–Trinajstić information content (AvgIpc) is 2.87. The molecule has 1 aromatic rings. The Balaban J connectivity index is 2.33. The highest BCUT2D eigenvalue weighted by atomic mass is 16.3. The molecule has 1 saturated heterocycles. The lowest BCUT2D eigenvalue weighted by atomic mass is 10.0. The molecule has 0 saturated carbocycles. The molecule has 1 heterocycles. The number of carbonyl (C=O) groups is 1. The van der Waals surface area contributed by atoms with Crippen LogP contribution >= 0.6 is 0 Å². The van der Waals surface area contributed by atoms with Crippen molar-refractivity contribution >= 4 is 11.6 Å². The van der Waals surface area contributed by atoms with Crippen molar-refractivity contribution in [2.24, 2.45) is 11.7 Å². The van der Waals surface area contributed by atoms with Gasteiger partial charge in [0, 0.05) is 24.3 Å². The maximum absolute atomic E-state index is 11.2. The Morgan fingerprint density at radius 2 is 2.37 bits per heavy atom. The molecule has 5 heteroatoms. The number of anilines is 1. The first-order chi connectivity index (χ1) is 9.02. The molecule has 1 fully saturated rings. The molecule has 1 aromatic carbocycles. The zero-order chi connectivity index (χ0) is 14.0. The topological polar surface area (TPSA) is 90.3 Å². The second-order valence-corrected chi connectivity index (χ2v) is 4.90. The van der Waals surface area contributed by atoms with Crippen LogP contribution in [0.4, 0.5) is 5.69 Å². The lowest BCUT2D eigenvalue weighted by Gasteiger charge is -2.23. The Morgan fingerprint density at radius 1 is 1.63 bits per heavy atom. The molecule has 0 spiro atoms. The van der Waals surface area contributed by atoms with Crippen LogP contribution in [-0.4, -0.2) is 24.1 Å². The first-order valence-electron chi connectivity index (χ1n) is 6.29. The number of rotatable bonds is 3. The fourth-order valence-corrected chi connectivity index (χ4v) is 2.45. The summed E-state index contributed by atoms with van der Waals surface area (Å²) in [5.41, 5.74) is 7.45. The van der Waals surface area contributed by atoms with Crippen LogP contribution in [0.3, 0.4) is 0 Å². The molecule has 2 rings (SSSR count). The molecule has 1 amide bonds. The maximum atomic E-state index is 11.2. The number of aliphatic hydroxyl groups excluding tert-OH is 1. The van der Waals surface area contributed by atoms with Crippen molar-refractivity contribution in [2.75, 3.05) is 18.0 Å². The van der Waals surface area contributed by atoms with Gasteiger partial charge in [0.05, 0.1) is 23.7 Å². The van der Waals surface area contributed by atoms with Crippen molar-refractivity contribution in [3.8, 4) is 6.07 Å². The number of benzene rings is 1. The van der Waals surface area contributed by atoms with E-state index in [9.17, 15) is 9.90 Å². The minimum Gasteiger partial charge on any atom is -0.389 e. The predicted octanol–water partition coefficient (Wildman–Crippen LogP) is 0.923. The van der Waals surface area contributed by atoms with Crippen molar-refractivity contribution in [2.45, 2.75) is 19.4 Å². The van der Waals surface area contributed by atoms with Gasteiger partial charge in [0.2, 0.25) is 5.91 Å². The number of aliphatic hydroxyl groups is 1. The van der Waals surface area contributed by atoms with Crippen LogP contribution in [0.25, 0.3) is 0 Å². The highest BCUT2D eigenvalue weighted by Crippen LogP contribution is 2.31. The van der Waals surface area contributed by atoms with E-state index in [2.05, 4.69) is 6.07 Å². The summed E-state index contributed by atoms with van der Waals surface area (Å²) in [5, 5.41) is 18.8. The van der Waals surface area contributed by atoms with Crippen LogP contribution in [0.2, 0.25) is 0 Å². The Morgan fingerprint density at radius 3 is 2.89 bits per heavy atom. The second-order valence-electron chi connectivity index (χ2n) is 4.90. The summed E-state index contributed by atoms with van der Waals surface area (Å²) in [4.78, 5) is 13.2. The van der Waals surface area contributed by atoms with E-state index in [0.717, 1.165) is 11.3 Å². The molecule has 1 aliphatic heterocycles. The predicted molar refractivity (Wildman–Crippen MR) is 71.3 cm³/mol. The largest absolute Gasteiger partial charge is 0.389 e. The molecule has 100 valence electrons. The summed E-state index contributed by atoms with van der Waals surface area (Å²) in [5.74, 6) is -0.454. The van der Waals surface area contributed by atoms with E-state index in [0.29, 0.717) is 25.1 Å². The molecule has 5 nitrogen and oxygen atoms in total. The quantitative estimate of drug-likeness (QED) is 0.844. The van der Waals surface area contributed by atoms with Gasteiger partial charge in [-0.15, -0.1) is 0 Å². The van der Waals surface area contributed by atoms with Crippen LogP contribution in [0, 0.1) is 17.2 Å². The van der Waals surface area contributed by atoms with Crippen molar-refractivity contribution in [3.63, 3.8) is 0 Å². The molecular formula is C14H17N3O2. The van der Waals surface area contributed by atoms with Gasteiger partial charge in [-0.05, 0) is 25.5 Å².